The van der Waals surface area contributed by atoms with E-state index in [1.807, 2.05) is 16.8 Å². The molecule has 1 unspecified atom stereocenters. The summed E-state index contributed by atoms with van der Waals surface area (Å²) in [5.74, 6) is -0.974. The minimum Gasteiger partial charge on any atom is -0.480 e. The van der Waals surface area contributed by atoms with E-state index in [4.69, 9.17) is 10.8 Å². The number of hydrogen-bond acceptors (Lipinski definition) is 4. The molecule has 1 aromatic rings. The van der Waals surface area contributed by atoms with Crippen LogP contribution in [0.25, 0.3) is 0 Å². The highest BCUT2D eigenvalue weighted by atomic mass is 32.1. The van der Waals surface area contributed by atoms with Gasteiger partial charge in [-0.1, -0.05) is 0 Å². The van der Waals surface area contributed by atoms with Gasteiger partial charge < -0.3 is 16.2 Å². The van der Waals surface area contributed by atoms with Gasteiger partial charge in [-0.25, -0.2) is 0 Å². The maximum atomic E-state index is 10.3. The van der Waals surface area contributed by atoms with Crippen molar-refractivity contribution in [3.05, 3.63) is 22.4 Å². The van der Waals surface area contributed by atoms with E-state index in [-0.39, 0.29) is 0 Å². The zero-order valence-corrected chi connectivity index (χ0v) is 7.88. The van der Waals surface area contributed by atoms with E-state index in [2.05, 4.69) is 5.32 Å². The lowest BCUT2D eigenvalue weighted by Gasteiger charge is -2.06. The van der Waals surface area contributed by atoms with Crippen molar-refractivity contribution in [1.82, 2.24) is 5.32 Å². The molecule has 13 heavy (non-hydrogen) atoms. The van der Waals surface area contributed by atoms with Crippen LogP contribution in [0, 0.1) is 0 Å². The van der Waals surface area contributed by atoms with Crippen LogP contribution in [0.5, 0.6) is 0 Å². The Kier molecular flexibility index (Phi) is 3.88. The molecule has 4 nitrogen and oxygen atoms in total. The van der Waals surface area contributed by atoms with Crippen LogP contribution in [-0.2, 0) is 11.3 Å². The molecule has 0 radical (unpaired) electrons. The van der Waals surface area contributed by atoms with Crippen molar-refractivity contribution in [3.8, 4) is 0 Å². The maximum Gasteiger partial charge on any atom is 0.321 e. The molecule has 0 aromatic carbocycles. The first-order chi connectivity index (χ1) is 6.20. The van der Waals surface area contributed by atoms with Crippen LogP contribution in [0.1, 0.15) is 5.56 Å². The fraction of sp³-hybridized carbons (Fsp3) is 0.375. The Hall–Kier alpha value is -0.910. The van der Waals surface area contributed by atoms with E-state index in [9.17, 15) is 4.79 Å². The van der Waals surface area contributed by atoms with E-state index in [1.54, 1.807) is 11.3 Å². The Morgan fingerprint density at radius 3 is 3.08 bits per heavy atom. The molecule has 0 saturated heterocycles. The van der Waals surface area contributed by atoms with Gasteiger partial charge in [-0.3, -0.25) is 4.79 Å². The molecular formula is C8H12N2O2S. The van der Waals surface area contributed by atoms with Crippen molar-refractivity contribution in [2.75, 3.05) is 6.54 Å². The Balaban J connectivity index is 2.18. The summed E-state index contributed by atoms with van der Waals surface area (Å²) in [4.78, 5) is 10.3. The fourth-order valence-corrected chi connectivity index (χ4v) is 1.52. The van der Waals surface area contributed by atoms with Gasteiger partial charge in [0.15, 0.2) is 0 Å². The van der Waals surface area contributed by atoms with E-state index in [0.29, 0.717) is 13.1 Å². The summed E-state index contributed by atoms with van der Waals surface area (Å²) in [5, 5.41) is 15.4. The van der Waals surface area contributed by atoms with Crippen molar-refractivity contribution < 1.29 is 9.90 Å². The first-order valence-electron chi connectivity index (χ1n) is 3.90. The van der Waals surface area contributed by atoms with Crippen molar-refractivity contribution in [1.29, 1.82) is 0 Å². The second kappa shape index (κ2) is 4.96. The Morgan fingerprint density at radius 1 is 1.77 bits per heavy atom. The topological polar surface area (TPSA) is 75.3 Å². The van der Waals surface area contributed by atoms with Crippen LogP contribution in [0.15, 0.2) is 16.8 Å². The molecule has 72 valence electrons. The number of carbonyl (C=O) groups is 1. The zero-order chi connectivity index (χ0) is 9.68. The van der Waals surface area contributed by atoms with Gasteiger partial charge in [0.1, 0.15) is 6.04 Å². The molecule has 0 amide bonds. The van der Waals surface area contributed by atoms with Crippen molar-refractivity contribution in [2.45, 2.75) is 12.6 Å². The summed E-state index contributed by atoms with van der Waals surface area (Å²) in [7, 11) is 0. The Labute approximate surface area is 80.4 Å². The summed E-state index contributed by atoms with van der Waals surface area (Å²) >= 11 is 1.62. The molecule has 0 saturated carbocycles. The molecular weight excluding hydrogens is 188 g/mol. The molecule has 5 heteroatoms. The van der Waals surface area contributed by atoms with Crippen LogP contribution in [0.4, 0.5) is 0 Å². The van der Waals surface area contributed by atoms with Crippen LogP contribution >= 0.6 is 11.3 Å². The predicted molar refractivity (Wildman–Crippen MR) is 51.6 cm³/mol. The summed E-state index contributed by atoms with van der Waals surface area (Å²) in [6, 6.07) is 1.17. The smallest absolute Gasteiger partial charge is 0.321 e. The highest BCUT2D eigenvalue weighted by Crippen LogP contribution is 2.04. The van der Waals surface area contributed by atoms with Gasteiger partial charge >= 0.3 is 5.97 Å². The molecule has 4 N–H and O–H groups in total. The normalized spacial score (nSPS) is 12.7. The third kappa shape index (κ3) is 3.54. The molecule has 1 heterocycles. The molecule has 0 aliphatic rings. The first-order valence-corrected chi connectivity index (χ1v) is 4.84. The number of aliphatic carboxylic acids is 1. The lowest BCUT2D eigenvalue weighted by molar-refractivity contribution is -0.138. The highest BCUT2D eigenvalue weighted by Gasteiger charge is 2.09. The molecule has 0 bridgehead atoms. The molecule has 0 aliphatic heterocycles. The summed E-state index contributed by atoms with van der Waals surface area (Å²) in [5.41, 5.74) is 6.45. The van der Waals surface area contributed by atoms with Crippen LogP contribution < -0.4 is 11.1 Å². The number of nitrogens with one attached hydrogen (secondary N) is 1. The maximum absolute atomic E-state index is 10.3. The molecule has 0 aliphatic carbocycles. The quantitative estimate of drug-likeness (QED) is 0.637. The van der Waals surface area contributed by atoms with Gasteiger partial charge in [-0.2, -0.15) is 11.3 Å². The van der Waals surface area contributed by atoms with E-state index >= 15 is 0 Å². The first kappa shape index (κ1) is 10.2. The third-order valence-electron chi connectivity index (χ3n) is 1.59. The Bertz CT molecular complexity index is 261. The second-order valence-corrected chi connectivity index (χ2v) is 3.49. The minimum atomic E-state index is -0.974. The van der Waals surface area contributed by atoms with Gasteiger partial charge in [0, 0.05) is 13.1 Å². The van der Waals surface area contributed by atoms with Crippen molar-refractivity contribution >= 4 is 17.3 Å². The zero-order valence-electron chi connectivity index (χ0n) is 7.06. The number of carboxylic acid groups (broad SMARTS) is 1. The molecule has 0 fully saturated rings. The van der Waals surface area contributed by atoms with Gasteiger partial charge in [0.05, 0.1) is 0 Å². The number of nitrogens with two attached hydrogens (primary N) is 1. The summed E-state index contributed by atoms with van der Waals surface area (Å²) in [6.07, 6.45) is 0. The monoisotopic (exact) mass is 200 g/mol. The lowest BCUT2D eigenvalue weighted by Crippen LogP contribution is -2.39. The second-order valence-electron chi connectivity index (χ2n) is 2.71. The van der Waals surface area contributed by atoms with Crippen LogP contribution in [-0.4, -0.2) is 23.7 Å². The van der Waals surface area contributed by atoms with Crippen molar-refractivity contribution in [2.24, 2.45) is 5.73 Å². The number of thiophene rings is 1. The Morgan fingerprint density at radius 2 is 2.54 bits per heavy atom. The lowest BCUT2D eigenvalue weighted by atomic mass is 10.3. The van der Waals surface area contributed by atoms with Gasteiger partial charge in [0.2, 0.25) is 0 Å². The van der Waals surface area contributed by atoms with Gasteiger partial charge in [0.25, 0.3) is 0 Å². The highest BCUT2D eigenvalue weighted by molar-refractivity contribution is 7.07. The molecule has 1 aromatic heterocycles. The fourth-order valence-electron chi connectivity index (χ4n) is 0.853. The van der Waals surface area contributed by atoms with E-state index < -0.39 is 12.0 Å². The van der Waals surface area contributed by atoms with Gasteiger partial charge in [-0.05, 0) is 22.4 Å². The van der Waals surface area contributed by atoms with Crippen molar-refractivity contribution in [3.63, 3.8) is 0 Å². The van der Waals surface area contributed by atoms with Gasteiger partial charge in [-0.15, -0.1) is 0 Å². The summed E-state index contributed by atoms with van der Waals surface area (Å²) in [6.45, 7) is 0.968. The molecule has 1 rings (SSSR count). The number of hydrogen-bond donors (Lipinski definition) is 3. The standard InChI is InChI=1S/C8H12N2O2S/c9-7(8(11)12)4-10-3-6-1-2-13-5-6/h1-2,5,7,10H,3-4,9H2,(H,11,12). The summed E-state index contributed by atoms with van der Waals surface area (Å²) < 4.78 is 0. The molecule has 1 atom stereocenters. The van der Waals surface area contributed by atoms with Crippen LogP contribution in [0.2, 0.25) is 0 Å². The number of rotatable bonds is 5. The van der Waals surface area contributed by atoms with E-state index in [1.165, 1.54) is 0 Å². The molecule has 0 spiro atoms. The average molecular weight is 200 g/mol. The predicted octanol–water partition coefficient (Wildman–Crippen LogP) is 0.250. The SMILES string of the molecule is NC(CNCc1ccsc1)C(=O)O. The number of carboxylic acids is 1. The third-order valence-corrected chi connectivity index (χ3v) is 2.32. The van der Waals surface area contributed by atoms with Crippen LogP contribution in [0.3, 0.4) is 0 Å². The minimum absolute atomic E-state index is 0.297. The van der Waals surface area contributed by atoms with E-state index in [0.717, 1.165) is 5.56 Å². The average Bonchev–Trinajstić information content (AvgIpc) is 2.56. The largest absolute Gasteiger partial charge is 0.480 e.